The molecule has 7 N–H and O–H groups in total. The molecule has 4 rings (SSSR count). The summed E-state index contributed by atoms with van der Waals surface area (Å²) < 4.78 is 14.7. The molecule has 0 saturated carbocycles. The van der Waals surface area contributed by atoms with Gasteiger partial charge in [-0.2, -0.15) is 0 Å². The fourth-order valence-electron chi connectivity index (χ4n) is 3.59. The fraction of sp³-hybridized carbons (Fsp3) is 0.182. The van der Waals surface area contributed by atoms with E-state index in [0.717, 1.165) is 6.07 Å². The first-order valence-electron chi connectivity index (χ1n) is 10.00. The first-order valence-corrected chi connectivity index (χ1v) is 10.00. The van der Waals surface area contributed by atoms with E-state index >= 15 is 0 Å². The van der Waals surface area contributed by atoms with E-state index in [9.17, 15) is 29.6 Å². The van der Waals surface area contributed by atoms with Crippen LogP contribution in [-0.2, 0) is 10.8 Å². The molecule has 34 heavy (non-hydrogen) atoms. The minimum atomic E-state index is -3.25. The summed E-state index contributed by atoms with van der Waals surface area (Å²) in [6, 6.07) is 6.54. The average molecular weight is 468 g/mol. The summed E-state index contributed by atoms with van der Waals surface area (Å²) in [6.07, 6.45) is 1.13. The number of hydrogen-bond donors (Lipinski definition) is 6. The van der Waals surface area contributed by atoms with Crippen LogP contribution in [0.5, 0.6) is 0 Å². The molecule has 0 aliphatic carbocycles. The number of anilines is 2. The van der Waals surface area contributed by atoms with E-state index in [1.165, 1.54) is 41.1 Å². The number of aliphatic hydroxyl groups is 4. The third-order valence-corrected chi connectivity index (χ3v) is 5.19. The Labute approximate surface area is 192 Å². The van der Waals surface area contributed by atoms with Crippen molar-refractivity contribution in [2.75, 3.05) is 11.1 Å². The number of fused-ring (bicyclic) bond motifs is 1. The number of aryl methyl sites for hydroxylation is 2. The van der Waals surface area contributed by atoms with Crippen LogP contribution in [0.15, 0.2) is 42.7 Å². The molecule has 11 nitrogen and oxygen atoms in total. The molecule has 1 amide bonds. The number of aliphatic hydroxyl groups excluding tert-OH is 1. The molecule has 0 radical (unpaired) electrons. The van der Waals surface area contributed by atoms with Gasteiger partial charge in [0.05, 0.1) is 0 Å². The Morgan fingerprint density at radius 2 is 1.91 bits per heavy atom. The van der Waals surface area contributed by atoms with Crippen LogP contribution in [-0.4, -0.2) is 45.7 Å². The highest BCUT2D eigenvalue weighted by Crippen LogP contribution is 2.33. The molecule has 4 aromatic rings. The summed E-state index contributed by atoms with van der Waals surface area (Å²) in [4.78, 5) is 24.8. The van der Waals surface area contributed by atoms with Crippen molar-refractivity contribution in [2.45, 2.75) is 25.9 Å². The molecular formula is C22H21FN6O5. The number of nitrogens with two attached hydrogens (primary N) is 1. The largest absolute Gasteiger partial charge is 0.382 e. The van der Waals surface area contributed by atoms with Gasteiger partial charge < -0.3 is 31.5 Å². The maximum atomic E-state index is 13.4. The Bertz CT molecular complexity index is 1420. The molecule has 0 saturated heterocycles. The molecule has 1 atom stereocenters. The van der Waals surface area contributed by atoms with Crippen molar-refractivity contribution in [2.24, 2.45) is 0 Å². The van der Waals surface area contributed by atoms with E-state index in [-0.39, 0.29) is 28.4 Å². The number of aromatic nitrogens is 4. The second-order valence-electron chi connectivity index (χ2n) is 7.72. The molecule has 0 aliphatic heterocycles. The number of hydrogen-bond acceptors (Lipinski definition) is 9. The third-order valence-electron chi connectivity index (χ3n) is 5.19. The quantitative estimate of drug-likeness (QED) is 0.232. The Balaban J connectivity index is 1.71. The van der Waals surface area contributed by atoms with E-state index in [0.29, 0.717) is 16.8 Å². The number of imidazole rings is 1. The number of pyridine rings is 1. The topological polar surface area (TPSA) is 179 Å². The smallest absolute Gasteiger partial charge is 0.339 e. The van der Waals surface area contributed by atoms with E-state index in [1.807, 2.05) is 0 Å². The van der Waals surface area contributed by atoms with Gasteiger partial charge in [-0.3, -0.25) is 9.20 Å². The first kappa shape index (κ1) is 23.2. The van der Waals surface area contributed by atoms with Crippen molar-refractivity contribution in [3.8, 4) is 11.3 Å². The summed E-state index contributed by atoms with van der Waals surface area (Å²) in [5, 5.41) is 42.1. The minimum Gasteiger partial charge on any atom is -0.382 e. The summed E-state index contributed by atoms with van der Waals surface area (Å²) in [5.74, 6) is -5.00. The van der Waals surface area contributed by atoms with Crippen molar-refractivity contribution < 1.29 is 29.6 Å². The Hall–Kier alpha value is -3.97. The van der Waals surface area contributed by atoms with Gasteiger partial charge in [-0.25, -0.2) is 19.3 Å². The molecule has 3 aromatic heterocycles. The van der Waals surface area contributed by atoms with Crippen molar-refractivity contribution in [3.05, 3.63) is 71.2 Å². The number of amides is 1. The van der Waals surface area contributed by atoms with Gasteiger partial charge in [0, 0.05) is 23.7 Å². The number of rotatable bonds is 5. The van der Waals surface area contributed by atoms with Crippen LogP contribution >= 0.6 is 0 Å². The maximum absolute atomic E-state index is 13.4. The van der Waals surface area contributed by atoms with Crippen LogP contribution in [0.25, 0.3) is 16.8 Å². The van der Waals surface area contributed by atoms with Crippen molar-refractivity contribution in [1.82, 2.24) is 19.4 Å². The number of carbonyl (C=O) groups excluding carboxylic acids is 1. The zero-order chi connectivity index (χ0) is 24.8. The number of nitrogen functional groups attached to an aromatic ring is 1. The lowest BCUT2D eigenvalue weighted by Gasteiger charge is -2.13. The summed E-state index contributed by atoms with van der Waals surface area (Å²) in [7, 11) is 0. The monoisotopic (exact) mass is 468 g/mol. The molecule has 12 heteroatoms. The van der Waals surface area contributed by atoms with Crippen LogP contribution in [0.1, 0.15) is 28.7 Å². The van der Waals surface area contributed by atoms with Gasteiger partial charge >= 0.3 is 5.97 Å². The van der Waals surface area contributed by atoms with E-state index in [4.69, 9.17) is 5.73 Å². The predicted molar refractivity (Wildman–Crippen MR) is 118 cm³/mol. The van der Waals surface area contributed by atoms with E-state index in [2.05, 4.69) is 20.3 Å². The highest BCUT2D eigenvalue weighted by Gasteiger charge is 2.32. The lowest BCUT2D eigenvalue weighted by Crippen LogP contribution is -2.27. The van der Waals surface area contributed by atoms with Crippen LogP contribution < -0.4 is 11.1 Å². The van der Waals surface area contributed by atoms with Gasteiger partial charge in [0.2, 0.25) is 5.82 Å². The molecule has 176 valence electrons. The number of nitrogens with zero attached hydrogens (tertiary/aromatic N) is 4. The zero-order valence-electron chi connectivity index (χ0n) is 18.1. The lowest BCUT2D eigenvalue weighted by atomic mass is 10.1. The van der Waals surface area contributed by atoms with Crippen LogP contribution in [0.4, 0.5) is 16.0 Å². The maximum Gasteiger partial charge on any atom is 0.339 e. The predicted octanol–water partition coefficient (Wildman–Crippen LogP) is 0.889. The lowest BCUT2D eigenvalue weighted by molar-refractivity contribution is -0.329. The van der Waals surface area contributed by atoms with Crippen molar-refractivity contribution >= 4 is 23.1 Å². The van der Waals surface area contributed by atoms with Crippen LogP contribution in [0.3, 0.4) is 0 Å². The first-order chi connectivity index (χ1) is 16.0. The number of benzene rings is 1. The Morgan fingerprint density at radius 1 is 1.18 bits per heavy atom. The van der Waals surface area contributed by atoms with Crippen molar-refractivity contribution in [3.63, 3.8) is 0 Å². The molecule has 0 spiro atoms. The van der Waals surface area contributed by atoms with E-state index in [1.54, 1.807) is 13.8 Å². The van der Waals surface area contributed by atoms with Crippen LogP contribution in [0.2, 0.25) is 0 Å². The molecule has 0 bridgehead atoms. The summed E-state index contributed by atoms with van der Waals surface area (Å²) >= 11 is 0. The van der Waals surface area contributed by atoms with Gasteiger partial charge in [0.25, 0.3) is 5.91 Å². The molecule has 1 unspecified atom stereocenters. The molecular weight excluding hydrogens is 447 g/mol. The van der Waals surface area contributed by atoms with Crippen LogP contribution in [0, 0.1) is 19.7 Å². The van der Waals surface area contributed by atoms with Gasteiger partial charge in [-0.1, -0.05) is 12.1 Å². The van der Waals surface area contributed by atoms with Gasteiger partial charge in [-0.15, -0.1) is 0 Å². The third kappa shape index (κ3) is 4.18. The minimum absolute atomic E-state index is 0.0265. The normalized spacial score (nSPS) is 12.7. The van der Waals surface area contributed by atoms with Gasteiger partial charge in [-0.05, 0) is 43.2 Å². The highest BCUT2D eigenvalue weighted by atomic mass is 19.1. The van der Waals surface area contributed by atoms with Gasteiger partial charge in [0.15, 0.2) is 6.10 Å². The van der Waals surface area contributed by atoms with Gasteiger partial charge in [0.1, 0.15) is 28.7 Å². The Morgan fingerprint density at radius 3 is 2.56 bits per heavy atom. The Kier molecular flexibility index (Phi) is 5.75. The second kappa shape index (κ2) is 8.43. The zero-order valence-corrected chi connectivity index (χ0v) is 18.1. The van der Waals surface area contributed by atoms with E-state index < -0.39 is 29.6 Å². The summed E-state index contributed by atoms with van der Waals surface area (Å²) in [6.45, 7) is 3.30. The second-order valence-corrected chi connectivity index (χ2v) is 7.72. The number of carbonyl (C=O) groups is 1. The fourth-order valence-corrected chi connectivity index (χ4v) is 3.59. The summed E-state index contributed by atoms with van der Waals surface area (Å²) in [5.41, 5.74) is 7.89. The SMILES string of the molecule is Cc1cc(NC(=O)C(O)c2cccc(F)c2)ncc1-c1nc(C(O)(O)O)n2c(C)cnc(N)c12. The molecule has 0 aliphatic rings. The van der Waals surface area contributed by atoms with Crippen molar-refractivity contribution in [1.29, 1.82) is 0 Å². The number of nitrogens with one attached hydrogen (secondary N) is 1. The highest BCUT2D eigenvalue weighted by molar-refractivity contribution is 5.94. The molecule has 1 aromatic carbocycles. The average Bonchev–Trinajstić information content (AvgIpc) is 3.18. The number of halogens is 1. The molecule has 0 fully saturated rings. The standard InChI is InChI=1S/C22H21FN6O5/c1-10-6-15(27-20(31)18(30)12-4-3-5-13(23)7-12)25-9-14(10)16-17-19(24)26-8-11(2)29(17)21(28-16)22(32,33)34/h3-9,18,30,32-34H,1-2H3,(H2,24,26)(H,25,27,31). The molecule has 3 heterocycles.